The van der Waals surface area contributed by atoms with Gasteiger partial charge in [-0.05, 0) is 30.5 Å². The molecule has 4 rings (SSSR count). The summed E-state index contributed by atoms with van der Waals surface area (Å²) in [7, 11) is 0. The highest BCUT2D eigenvalue weighted by Gasteiger charge is 2.32. The Kier molecular flexibility index (Phi) is 6.62. The molecule has 11 heteroatoms. The van der Waals surface area contributed by atoms with Crippen LogP contribution in [-0.4, -0.2) is 40.3 Å². The summed E-state index contributed by atoms with van der Waals surface area (Å²) in [5, 5.41) is 2.47. The van der Waals surface area contributed by atoms with Crippen molar-refractivity contribution >= 4 is 17.4 Å². The van der Waals surface area contributed by atoms with Gasteiger partial charge in [0.2, 0.25) is 0 Å². The minimum atomic E-state index is -5.02. The van der Waals surface area contributed by atoms with E-state index in [0.717, 1.165) is 44.1 Å². The van der Waals surface area contributed by atoms with Crippen LogP contribution in [0.1, 0.15) is 30.1 Å². The molecule has 1 aromatic carbocycles. The van der Waals surface area contributed by atoms with Gasteiger partial charge >= 0.3 is 6.36 Å². The molecule has 0 aliphatic carbocycles. The Morgan fingerprint density at radius 2 is 1.97 bits per heavy atom. The lowest BCUT2D eigenvalue weighted by atomic mass is 10.1. The fraction of sp³-hybridized carbons (Fsp3) is 0.304. The number of aromatic nitrogens is 3. The molecule has 1 amide bonds. The summed E-state index contributed by atoms with van der Waals surface area (Å²) in [6, 6.07) is 4.31. The van der Waals surface area contributed by atoms with Crippen molar-refractivity contribution in [2.45, 2.75) is 26.1 Å². The van der Waals surface area contributed by atoms with Crippen molar-refractivity contribution in [2.75, 3.05) is 23.3 Å². The lowest BCUT2D eigenvalue weighted by molar-refractivity contribution is -0.275. The minimum Gasteiger partial charge on any atom is -0.403 e. The molecule has 7 nitrogen and oxygen atoms in total. The molecule has 34 heavy (non-hydrogen) atoms. The van der Waals surface area contributed by atoms with E-state index >= 15 is 0 Å². The van der Waals surface area contributed by atoms with Gasteiger partial charge in [0.15, 0.2) is 11.6 Å². The number of ether oxygens (including phenoxy) is 1. The number of carbonyl (C=O) groups excluding carboxylic acids is 1. The fourth-order valence-electron chi connectivity index (χ4n) is 3.83. The van der Waals surface area contributed by atoms with Gasteiger partial charge in [-0.1, -0.05) is 13.3 Å². The van der Waals surface area contributed by atoms with Gasteiger partial charge in [0.05, 0.1) is 5.56 Å². The number of hydrogen-bond donors (Lipinski definition) is 1. The minimum absolute atomic E-state index is 0.0315. The maximum atomic E-state index is 14.0. The molecule has 1 saturated heterocycles. The molecule has 3 aromatic rings. The second-order valence-electron chi connectivity index (χ2n) is 7.88. The van der Waals surface area contributed by atoms with Crippen LogP contribution in [0, 0.1) is 11.7 Å². The van der Waals surface area contributed by atoms with Gasteiger partial charge in [-0.2, -0.15) is 0 Å². The largest absolute Gasteiger partial charge is 0.573 e. The first-order valence-corrected chi connectivity index (χ1v) is 10.6. The van der Waals surface area contributed by atoms with E-state index in [1.165, 1.54) is 12.5 Å². The van der Waals surface area contributed by atoms with E-state index in [2.05, 4.69) is 36.8 Å². The Bertz CT molecular complexity index is 1170. The summed E-state index contributed by atoms with van der Waals surface area (Å²) in [6.45, 7) is 3.83. The number of benzene rings is 1. The first-order chi connectivity index (χ1) is 16.2. The second-order valence-corrected chi connectivity index (χ2v) is 7.88. The first kappa shape index (κ1) is 23.4. The Morgan fingerprint density at radius 1 is 1.21 bits per heavy atom. The Hall–Kier alpha value is -3.76. The van der Waals surface area contributed by atoms with Gasteiger partial charge in [0, 0.05) is 54.6 Å². The van der Waals surface area contributed by atoms with Crippen LogP contribution in [0.2, 0.25) is 0 Å². The summed E-state index contributed by atoms with van der Waals surface area (Å²) in [4.78, 5) is 27.6. The number of carbonyl (C=O) groups is 1. The number of pyridine rings is 1. The van der Waals surface area contributed by atoms with Crippen LogP contribution < -0.4 is 15.0 Å². The van der Waals surface area contributed by atoms with Crippen LogP contribution in [0.25, 0.3) is 11.1 Å². The summed E-state index contributed by atoms with van der Waals surface area (Å²) in [6.07, 6.45) is 3.14. The molecule has 1 aliphatic heterocycles. The number of anilines is 2. The van der Waals surface area contributed by atoms with Crippen LogP contribution in [-0.2, 0) is 0 Å². The molecule has 1 N–H and O–H groups in total. The number of hydrogen-bond acceptors (Lipinski definition) is 6. The zero-order valence-corrected chi connectivity index (χ0v) is 18.1. The highest BCUT2D eigenvalue weighted by atomic mass is 19.4. The first-order valence-electron chi connectivity index (χ1n) is 10.6. The third kappa shape index (κ3) is 5.41. The van der Waals surface area contributed by atoms with Gasteiger partial charge in [-0.25, -0.2) is 19.3 Å². The van der Waals surface area contributed by atoms with Crippen molar-refractivity contribution in [1.82, 2.24) is 15.0 Å². The molecular weight excluding hydrogens is 454 g/mol. The normalized spacial score (nSPS) is 15.9. The van der Waals surface area contributed by atoms with Crippen LogP contribution in [0.3, 0.4) is 0 Å². The molecule has 1 fully saturated rings. The zero-order chi connectivity index (χ0) is 24.3. The molecule has 0 unspecified atom stereocenters. The topological polar surface area (TPSA) is 80.2 Å². The Labute approximate surface area is 192 Å². The summed E-state index contributed by atoms with van der Waals surface area (Å²) in [5.74, 6) is -1.58. The van der Waals surface area contributed by atoms with Crippen LogP contribution in [0.4, 0.5) is 29.1 Å². The number of rotatable bonds is 6. The van der Waals surface area contributed by atoms with Gasteiger partial charge in [0.1, 0.15) is 12.1 Å². The SMILES string of the molecule is CC[C@H]1CCN(c2ncc(C(=O)Nc3ccc(OC(F)(F)F)c(F)c3)cc2-c2cncnc2)C1. The predicted molar refractivity (Wildman–Crippen MR) is 117 cm³/mol. The number of nitrogens with zero attached hydrogens (tertiary/aromatic N) is 4. The molecule has 0 saturated carbocycles. The standard InChI is InChI=1S/C23H21F4N5O2/c1-2-14-5-6-32(12-14)21-18(16-9-28-13-29-10-16)7-15(11-30-21)22(33)31-17-3-4-20(19(24)8-17)34-23(25,26)27/h3-4,7-11,13-14H,2,5-6,12H2,1H3,(H,31,33)/t14-/m0/s1. The van der Waals surface area contributed by atoms with Gasteiger partial charge in [-0.15, -0.1) is 13.2 Å². The molecule has 1 aliphatic rings. The highest BCUT2D eigenvalue weighted by molar-refractivity contribution is 6.05. The highest BCUT2D eigenvalue weighted by Crippen LogP contribution is 2.33. The van der Waals surface area contributed by atoms with Crippen LogP contribution >= 0.6 is 0 Å². The summed E-state index contributed by atoms with van der Waals surface area (Å²) in [5.41, 5.74) is 1.50. The molecule has 1 atom stereocenters. The van der Waals surface area contributed by atoms with E-state index in [0.29, 0.717) is 22.9 Å². The smallest absolute Gasteiger partial charge is 0.403 e. The van der Waals surface area contributed by atoms with Crippen LogP contribution in [0.15, 0.2) is 49.2 Å². The molecular formula is C23H21F4N5O2. The van der Waals surface area contributed by atoms with Crippen molar-refractivity contribution < 1.29 is 27.1 Å². The van der Waals surface area contributed by atoms with E-state index in [9.17, 15) is 22.4 Å². The lowest BCUT2D eigenvalue weighted by Crippen LogP contribution is -2.22. The van der Waals surface area contributed by atoms with E-state index in [4.69, 9.17) is 0 Å². The van der Waals surface area contributed by atoms with Gasteiger partial charge < -0.3 is 15.0 Å². The number of halogens is 4. The Balaban J connectivity index is 1.59. The molecule has 0 radical (unpaired) electrons. The second kappa shape index (κ2) is 9.62. The third-order valence-electron chi connectivity index (χ3n) is 5.58. The fourth-order valence-corrected chi connectivity index (χ4v) is 3.83. The van der Waals surface area contributed by atoms with Gasteiger partial charge in [0.25, 0.3) is 5.91 Å². The number of amides is 1. The molecule has 3 heterocycles. The lowest BCUT2D eigenvalue weighted by Gasteiger charge is -2.21. The molecule has 2 aromatic heterocycles. The van der Waals surface area contributed by atoms with E-state index in [-0.39, 0.29) is 11.3 Å². The van der Waals surface area contributed by atoms with E-state index in [1.54, 1.807) is 18.5 Å². The number of alkyl halides is 3. The van der Waals surface area contributed by atoms with Gasteiger partial charge in [-0.3, -0.25) is 4.79 Å². The maximum Gasteiger partial charge on any atom is 0.573 e. The Morgan fingerprint density at radius 3 is 2.62 bits per heavy atom. The monoisotopic (exact) mass is 475 g/mol. The predicted octanol–water partition coefficient (Wildman–Crippen LogP) is 5.06. The van der Waals surface area contributed by atoms with Crippen LogP contribution in [0.5, 0.6) is 5.75 Å². The average molecular weight is 475 g/mol. The van der Waals surface area contributed by atoms with Crippen molar-refractivity contribution in [3.63, 3.8) is 0 Å². The summed E-state index contributed by atoms with van der Waals surface area (Å²) >= 11 is 0. The number of nitrogens with one attached hydrogen (secondary N) is 1. The van der Waals surface area contributed by atoms with E-state index in [1.807, 2.05) is 0 Å². The quantitative estimate of drug-likeness (QED) is 0.502. The molecule has 0 bridgehead atoms. The van der Waals surface area contributed by atoms with E-state index < -0.39 is 23.8 Å². The van der Waals surface area contributed by atoms with Crippen molar-refractivity contribution in [2.24, 2.45) is 5.92 Å². The summed E-state index contributed by atoms with van der Waals surface area (Å²) < 4.78 is 54.6. The van der Waals surface area contributed by atoms with Crippen molar-refractivity contribution in [3.8, 4) is 16.9 Å². The molecule has 0 spiro atoms. The maximum absolute atomic E-state index is 14.0. The average Bonchev–Trinajstić information content (AvgIpc) is 3.29. The van der Waals surface area contributed by atoms with Crippen molar-refractivity contribution in [1.29, 1.82) is 0 Å². The molecule has 178 valence electrons. The zero-order valence-electron chi connectivity index (χ0n) is 18.1. The van der Waals surface area contributed by atoms with Crippen molar-refractivity contribution in [3.05, 3.63) is 60.6 Å². The third-order valence-corrected chi connectivity index (χ3v) is 5.58.